The molecule has 0 spiro atoms. The second-order valence-electron chi connectivity index (χ2n) is 5.04. The van der Waals surface area contributed by atoms with Crippen LogP contribution in [-0.2, 0) is 11.2 Å². The first-order valence-corrected chi connectivity index (χ1v) is 7.73. The summed E-state index contributed by atoms with van der Waals surface area (Å²) in [4.78, 5) is 14.1. The SMILES string of the molecule is CCN(C(=S)NC(=O)Cc1ccccc1C)c1ccccc1. The third-order valence-corrected chi connectivity index (χ3v) is 3.81. The minimum absolute atomic E-state index is 0.0892. The Morgan fingerprint density at radius 1 is 1.09 bits per heavy atom. The summed E-state index contributed by atoms with van der Waals surface area (Å²) in [5, 5.41) is 3.26. The van der Waals surface area contributed by atoms with Crippen LogP contribution in [0.25, 0.3) is 0 Å². The topological polar surface area (TPSA) is 32.3 Å². The van der Waals surface area contributed by atoms with Gasteiger partial charge in [-0.1, -0.05) is 42.5 Å². The molecule has 0 atom stereocenters. The van der Waals surface area contributed by atoms with Crippen molar-refractivity contribution in [1.29, 1.82) is 0 Å². The van der Waals surface area contributed by atoms with Crippen LogP contribution in [0.15, 0.2) is 54.6 Å². The zero-order valence-corrected chi connectivity index (χ0v) is 13.7. The number of carbonyl (C=O) groups is 1. The number of para-hydroxylation sites is 1. The van der Waals surface area contributed by atoms with Crippen LogP contribution in [0.2, 0.25) is 0 Å². The Bertz CT molecular complexity index is 655. The maximum Gasteiger partial charge on any atom is 0.230 e. The van der Waals surface area contributed by atoms with E-state index in [0.717, 1.165) is 16.8 Å². The number of rotatable bonds is 4. The Labute approximate surface area is 137 Å². The fourth-order valence-electron chi connectivity index (χ4n) is 2.26. The minimum Gasteiger partial charge on any atom is -0.319 e. The van der Waals surface area contributed by atoms with Gasteiger partial charge in [0.05, 0.1) is 6.42 Å². The lowest BCUT2D eigenvalue weighted by Crippen LogP contribution is -2.43. The van der Waals surface area contributed by atoms with E-state index in [-0.39, 0.29) is 5.91 Å². The van der Waals surface area contributed by atoms with E-state index in [4.69, 9.17) is 12.2 Å². The molecular formula is C18H20N2OS. The molecule has 0 saturated heterocycles. The van der Waals surface area contributed by atoms with E-state index in [1.54, 1.807) is 0 Å². The molecule has 0 bridgehead atoms. The molecule has 0 saturated carbocycles. The second kappa shape index (κ2) is 7.71. The molecule has 0 aliphatic heterocycles. The van der Waals surface area contributed by atoms with Gasteiger partial charge in [-0.3, -0.25) is 4.79 Å². The van der Waals surface area contributed by atoms with Crippen molar-refractivity contribution in [2.75, 3.05) is 11.4 Å². The number of nitrogens with one attached hydrogen (secondary N) is 1. The normalized spacial score (nSPS) is 10.1. The van der Waals surface area contributed by atoms with E-state index in [1.165, 1.54) is 0 Å². The van der Waals surface area contributed by atoms with Crippen LogP contribution < -0.4 is 10.2 Å². The van der Waals surface area contributed by atoms with Gasteiger partial charge in [0.2, 0.25) is 5.91 Å². The average Bonchev–Trinajstić information content (AvgIpc) is 2.51. The molecule has 0 aromatic heterocycles. The zero-order valence-electron chi connectivity index (χ0n) is 12.9. The predicted molar refractivity (Wildman–Crippen MR) is 95.1 cm³/mol. The Kier molecular flexibility index (Phi) is 5.67. The number of hydrogen-bond acceptors (Lipinski definition) is 2. The van der Waals surface area contributed by atoms with E-state index in [9.17, 15) is 4.79 Å². The standard InChI is InChI=1S/C18H20N2OS/c1-3-20(16-11-5-4-6-12-16)18(22)19-17(21)13-15-10-8-7-9-14(15)2/h4-12H,3,13H2,1-2H3,(H,19,21,22). The summed E-state index contributed by atoms with van der Waals surface area (Å²) in [6.45, 7) is 4.71. The molecule has 0 unspecified atom stereocenters. The number of benzene rings is 2. The second-order valence-corrected chi connectivity index (χ2v) is 5.42. The van der Waals surface area contributed by atoms with Gasteiger partial charge in [-0.15, -0.1) is 0 Å². The van der Waals surface area contributed by atoms with Crippen LogP contribution in [0, 0.1) is 6.92 Å². The van der Waals surface area contributed by atoms with E-state index >= 15 is 0 Å². The molecule has 0 aliphatic rings. The number of anilines is 1. The number of amides is 1. The van der Waals surface area contributed by atoms with Gasteiger partial charge < -0.3 is 10.2 Å². The summed E-state index contributed by atoms with van der Waals surface area (Å²) in [7, 11) is 0. The summed E-state index contributed by atoms with van der Waals surface area (Å²) in [6, 6.07) is 17.7. The molecule has 1 N–H and O–H groups in total. The molecule has 2 aromatic carbocycles. The van der Waals surface area contributed by atoms with E-state index in [1.807, 2.05) is 73.3 Å². The zero-order chi connectivity index (χ0) is 15.9. The van der Waals surface area contributed by atoms with E-state index < -0.39 is 0 Å². The van der Waals surface area contributed by atoms with Gasteiger partial charge in [-0.05, 0) is 49.3 Å². The number of carbonyl (C=O) groups excluding carboxylic acids is 1. The number of hydrogen-bond donors (Lipinski definition) is 1. The largest absolute Gasteiger partial charge is 0.319 e. The lowest BCUT2D eigenvalue weighted by Gasteiger charge is -2.23. The van der Waals surface area contributed by atoms with Crippen LogP contribution >= 0.6 is 12.2 Å². The van der Waals surface area contributed by atoms with Gasteiger partial charge >= 0.3 is 0 Å². The smallest absolute Gasteiger partial charge is 0.230 e. The van der Waals surface area contributed by atoms with Gasteiger partial charge in [0, 0.05) is 12.2 Å². The Hall–Kier alpha value is -2.20. The fourth-order valence-corrected chi connectivity index (χ4v) is 2.61. The van der Waals surface area contributed by atoms with Crippen LogP contribution in [-0.4, -0.2) is 17.6 Å². The van der Waals surface area contributed by atoms with E-state index in [0.29, 0.717) is 18.1 Å². The molecule has 114 valence electrons. The minimum atomic E-state index is -0.0892. The first-order valence-electron chi connectivity index (χ1n) is 7.32. The summed E-state index contributed by atoms with van der Waals surface area (Å²) in [6.07, 6.45) is 0.332. The number of nitrogens with zero attached hydrogens (tertiary/aromatic N) is 1. The highest BCUT2D eigenvalue weighted by molar-refractivity contribution is 7.80. The molecule has 4 heteroatoms. The summed E-state index contributed by atoms with van der Waals surface area (Å²) >= 11 is 5.38. The van der Waals surface area contributed by atoms with Crippen LogP contribution in [0.4, 0.5) is 5.69 Å². The third kappa shape index (κ3) is 4.15. The predicted octanol–water partition coefficient (Wildman–Crippen LogP) is 3.47. The molecule has 2 rings (SSSR count). The summed E-state index contributed by atoms with van der Waals surface area (Å²) in [5.74, 6) is -0.0892. The quantitative estimate of drug-likeness (QED) is 0.878. The lowest BCUT2D eigenvalue weighted by atomic mass is 10.1. The van der Waals surface area contributed by atoms with Gasteiger partial charge in [-0.2, -0.15) is 0 Å². The fraction of sp³-hybridized carbons (Fsp3) is 0.222. The van der Waals surface area contributed by atoms with Gasteiger partial charge in [0.15, 0.2) is 5.11 Å². The molecule has 3 nitrogen and oxygen atoms in total. The molecule has 0 radical (unpaired) electrons. The average molecular weight is 312 g/mol. The van der Waals surface area contributed by atoms with Gasteiger partial charge in [-0.25, -0.2) is 0 Å². The molecule has 0 heterocycles. The Balaban J connectivity index is 2.01. The monoisotopic (exact) mass is 312 g/mol. The molecule has 0 fully saturated rings. The molecule has 0 aliphatic carbocycles. The summed E-state index contributed by atoms with van der Waals surface area (Å²) < 4.78 is 0. The third-order valence-electron chi connectivity index (χ3n) is 3.49. The van der Waals surface area contributed by atoms with Crippen molar-refractivity contribution in [2.45, 2.75) is 20.3 Å². The summed E-state index contributed by atoms with van der Waals surface area (Å²) in [5.41, 5.74) is 3.11. The first-order chi connectivity index (χ1) is 10.6. The maximum absolute atomic E-state index is 12.2. The first kappa shape index (κ1) is 16.2. The van der Waals surface area contributed by atoms with Crippen molar-refractivity contribution in [1.82, 2.24) is 5.32 Å². The Morgan fingerprint density at radius 2 is 1.73 bits per heavy atom. The highest BCUT2D eigenvalue weighted by Gasteiger charge is 2.13. The van der Waals surface area contributed by atoms with Crippen molar-refractivity contribution in [2.24, 2.45) is 0 Å². The van der Waals surface area contributed by atoms with Gasteiger partial charge in [0.25, 0.3) is 0 Å². The molecule has 1 amide bonds. The van der Waals surface area contributed by atoms with Crippen LogP contribution in [0.1, 0.15) is 18.1 Å². The highest BCUT2D eigenvalue weighted by atomic mass is 32.1. The maximum atomic E-state index is 12.2. The lowest BCUT2D eigenvalue weighted by molar-refractivity contribution is -0.119. The van der Waals surface area contributed by atoms with Crippen molar-refractivity contribution < 1.29 is 4.79 Å². The number of thiocarbonyl (C=S) groups is 1. The van der Waals surface area contributed by atoms with Crippen LogP contribution in [0.5, 0.6) is 0 Å². The van der Waals surface area contributed by atoms with E-state index in [2.05, 4.69) is 5.32 Å². The van der Waals surface area contributed by atoms with Crippen molar-refractivity contribution in [3.63, 3.8) is 0 Å². The molecule has 22 heavy (non-hydrogen) atoms. The Morgan fingerprint density at radius 3 is 2.36 bits per heavy atom. The van der Waals surface area contributed by atoms with Crippen molar-refractivity contribution in [3.05, 3.63) is 65.7 Å². The van der Waals surface area contributed by atoms with Gasteiger partial charge in [0.1, 0.15) is 0 Å². The highest BCUT2D eigenvalue weighted by Crippen LogP contribution is 2.13. The number of aryl methyl sites for hydroxylation is 1. The van der Waals surface area contributed by atoms with Crippen molar-refractivity contribution >= 4 is 28.9 Å². The van der Waals surface area contributed by atoms with Crippen molar-refractivity contribution in [3.8, 4) is 0 Å². The van der Waals surface area contributed by atoms with Crippen LogP contribution in [0.3, 0.4) is 0 Å². The molecule has 2 aromatic rings. The molecular weight excluding hydrogens is 292 g/mol.